The average Bonchev–Trinajstić information content (AvgIpc) is 3.17. The maximum Gasteiger partial charge on any atom is 0.522 e. The van der Waals surface area contributed by atoms with E-state index in [1.807, 2.05) is 0 Å². The Morgan fingerprint density at radius 2 is 1.87 bits per heavy atom. The van der Waals surface area contributed by atoms with Crippen molar-refractivity contribution in [3.05, 3.63) is 72.1 Å². The molecule has 1 aromatic heterocycles. The molecule has 4 rings (SSSR count). The number of hydrogen-bond donors (Lipinski definition) is 1. The standard InChI is InChI=1S/C25H26F5N3O4S/c1-3-15-11-23(33(14(15)2)38(35,36)20-6-4-18(26)5-7-20)24(34)32-12-17-10-22(31-13-21(17)27)16-8-19(9-16)37-25(28,29)30/h3-7,10,13-16,19,23H,1,8-9,11-12H2,2H3,(H,32,34)/t14-,15+,16-,19-,23-/m0/s1. The molecule has 2 fully saturated rings. The zero-order valence-corrected chi connectivity index (χ0v) is 21.1. The Morgan fingerprint density at radius 1 is 1.21 bits per heavy atom. The van der Waals surface area contributed by atoms with Crippen molar-refractivity contribution in [1.82, 2.24) is 14.6 Å². The molecule has 0 unspecified atom stereocenters. The van der Waals surface area contributed by atoms with Crippen molar-refractivity contribution in [2.45, 2.75) is 68.1 Å². The van der Waals surface area contributed by atoms with Crippen molar-refractivity contribution in [1.29, 1.82) is 0 Å². The van der Waals surface area contributed by atoms with Gasteiger partial charge in [-0.1, -0.05) is 6.08 Å². The van der Waals surface area contributed by atoms with Crippen LogP contribution < -0.4 is 5.32 Å². The van der Waals surface area contributed by atoms with E-state index in [2.05, 4.69) is 21.6 Å². The maximum atomic E-state index is 14.4. The monoisotopic (exact) mass is 559 g/mol. The molecule has 13 heteroatoms. The molecule has 206 valence electrons. The number of sulfonamides is 1. The summed E-state index contributed by atoms with van der Waals surface area (Å²) in [4.78, 5) is 17.0. The van der Waals surface area contributed by atoms with Gasteiger partial charge in [0, 0.05) is 29.8 Å². The molecular weight excluding hydrogens is 533 g/mol. The predicted molar refractivity (Wildman–Crippen MR) is 126 cm³/mol. The second-order valence-electron chi connectivity index (χ2n) is 9.45. The number of benzene rings is 1. The number of aromatic nitrogens is 1. The third kappa shape index (κ3) is 5.89. The van der Waals surface area contributed by atoms with Crippen LogP contribution in [-0.2, 0) is 26.1 Å². The first-order valence-electron chi connectivity index (χ1n) is 11.9. The van der Waals surface area contributed by atoms with Crippen molar-refractivity contribution >= 4 is 15.9 Å². The van der Waals surface area contributed by atoms with Crippen LogP contribution in [0.25, 0.3) is 0 Å². The highest BCUT2D eigenvalue weighted by atomic mass is 32.2. The van der Waals surface area contributed by atoms with Crippen molar-refractivity contribution in [3.8, 4) is 0 Å². The van der Waals surface area contributed by atoms with E-state index in [1.54, 1.807) is 13.0 Å². The second-order valence-corrected chi connectivity index (χ2v) is 11.3. The fourth-order valence-electron chi connectivity index (χ4n) is 4.91. The third-order valence-corrected chi connectivity index (χ3v) is 9.05. The van der Waals surface area contributed by atoms with E-state index >= 15 is 0 Å². The molecule has 1 N–H and O–H groups in total. The van der Waals surface area contributed by atoms with E-state index < -0.39 is 52.1 Å². The van der Waals surface area contributed by atoms with Gasteiger partial charge in [0.2, 0.25) is 15.9 Å². The fourth-order valence-corrected chi connectivity index (χ4v) is 6.75. The minimum Gasteiger partial charge on any atom is -0.351 e. The Kier molecular flexibility index (Phi) is 7.91. The number of nitrogens with zero attached hydrogens (tertiary/aromatic N) is 2. The molecule has 2 aliphatic rings. The van der Waals surface area contributed by atoms with E-state index in [-0.39, 0.29) is 48.1 Å². The topological polar surface area (TPSA) is 88.6 Å². The molecule has 1 amide bonds. The highest BCUT2D eigenvalue weighted by Crippen LogP contribution is 2.41. The largest absolute Gasteiger partial charge is 0.522 e. The molecule has 1 aliphatic heterocycles. The Morgan fingerprint density at radius 3 is 2.47 bits per heavy atom. The summed E-state index contributed by atoms with van der Waals surface area (Å²) in [7, 11) is -4.18. The number of amides is 1. The summed E-state index contributed by atoms with van der Waals surface area (Å²) >= 11 is 0. The second kappa shape index (κ2) is 10.7. The zero-order valence-electron chi connectivity index (χ0n) is 20.3. The van der Waals surface area contributed by atoms with Gasteiger partial charge in [0.15, 0.2) is 0 Å². The van der Waals surface area contributed by atoms with Crippen LogP contribution >= 0.6 is 0 Å². The van der Waals surface area contributed by atoms with Gasteiger partial charge in [-0.2, -0.15) is 4.31 Å². The van der Waals surface area contributed by atoms with Gasteiger partial charge in [-0.25, -0.2) is 17.2 Å². The predicted octanol–water partition coefficient (Wildman–Crippen LogP) is 4.41. The maximum absolute atomic E-state index is 14.4. The lowest BCUT2D eigenvalue weighted by molar-refractivity contribution is -0.351. The lowest BCUT2D eigenvalue weighted by Gasteiger charge is -2.35. The molecule has 7 nitrogen and oxygen atoms in total. The number of rotatable bonds is 8. The van der Waals surface area contributed by atoms with E-state index in [1.165, 1.54) is 6.07 Å². The summed E-state index contributed by atoms with van der Waals surface area (Å²) < 4.78 is 96.7. The molecule has 38 heavy (non-hydrogen) atoms. The molecule has 1 aromatic carbocycles. The van der Waals surface area contributed by atoms with Gasteiger partial charge in [0.25, 0.3) is 0 Å². The molecule has 1 saturated carbocycles. The average molecular weight is 560 g/mol. The summed E-state index contributed by atoms with van der Waals surface area (Å²) in [5.41, 5.74) is 0.433. The van der Waals surface area contributed by atoms with Crippen LogP contribution in [0.2, 0.25) is 0 Å². The van der Waals surface area contributed by atoms with Gasteiger partial charge in [0.1, 0.15) is 17.7 Å². The fraction of sp³-hybridized carbons (Fsp3) is 0.440. The summed E-state index contributed by atoms with van der Waals surface area (Å²) in [5.74, 6) is -2.68. The van der Waals surface area contributed by atoms with Gasteiger partial charge < -0.3 is 5.32 Å². The van der Waals surface area contributed by atoms with Crippen LogP contribution in [0, 0.1) is 17.6 Å². The van der Waals surface area contributed by atoms with Crippen LogP contribution in [0.4, 0.5) is 22.0 Å². The van der Waals surface area contributed by atoms with Crippen molar-refractivity contribution in [3.63, 3.8) is 0 Å². The Bertz CT molecular complexity index is 1300. The number of carbonyl (C=O) groups excluding carboxylic acids is 1. The van der Waals surface area contributed by atoms with Crippen LogP contribution in [0.5, 0.6) is 0 Å². The first-order valence-corrected chi connectivity index (χ1v) is 13.3. The SMILES string of the molecule is C=C[C@@H]1C[C@@H](C(=O)NCc2cc([C@H]3C[C@H](OC(F)(F)F)C3)ncc2F)N(S(=O)(=O)c2ccc(F)cc2)[C@H]1C. The highest BCUT2D eigenvalue weighted by Gasteiger charge is 2.48. The van der Waals surface area contributed by atoms with E-state index in [9.17, 15) is 35.2 Å². The van der Waals surface area contributed by atoms with Crippen molar-refractivity contribution in [2.24, 2.45) is 5.92 Å². The molecular formula is C25H26F5N3O4S. The Labute approximate surface area is 216 Å². The molecule has 0 spiro atoms. The Hall–Kier alpha value is -2.90. The molecule has 2 heterocycles. The lowest BCUT2D eigenvalue weighted by atomic mass is 9.79. The number of hydrogen-bond acceptors (Lipinski definition) is 5. The normalized spacial score (nSPS) is 26.1. The number of alkyl halides is 3. The lowest BCUT2D eigenvalue weighted by Crippen LogP contribution is -2.48. The minimum atomic E-state index is -4.73. The van der Waals surface area contributed by atoms with E-state index in [0.717, 1.165) is 34.8 Å². The number of carbonyl (C=O) groups is 1. The smallest absolute Gasteiger partial charge is 0.351 e. The van der Waals surface area contributed by atoms with Crippen molar-refractivity contribution < 1.29 is 39.9 Å². The first-order chi connectivity index (χ1) is 17.8. The quantitative estimate of drug-likeness (QED) is 0.383. The number of ether oxygens (including phenoxy) is 1. The van der Waals surface area contributed by atoms with Crippen LogP contribution in [-0.4, -0.2) is 48.2 Å². The third-order valence-electron chi connectivity index (χ3n) is 7.04. The molecule has 0 radical (unpaired) electrons. The number of halogens is 5. The molecule has 2 aromatic rings. The molecule has 1 saturated heterocycles. The molecule has 3 atom stereocenters. The van der Waals surface area contributed by atoms with E-state index in [0.29, 0.717) is 5.69 Å². The summed E-state index contributed by atoms with van der Waals surface area (Å²) in [6.07, 6.45) is -2.94. The summed E-state index contributed by atoms with van der Waals surface area (Å²) in [5, 5.41) is 2.57. The zero-order chi connectivity index (χ0) is 27.8. The highest BCUT2D eigenvalue weighted by molar-refractivity contribution is 7.89. The minimum absolute atomic E-state index is 0.0581. The van der Waals surface area contributed by atoms with Gasteiger partial charge in [-0.3, -0.25) is 14.5 Å². The van der Waals surface area contributed by atoms with E-state index in [4.69, 9.17) is 0 Å². The van der Waals surface area contributed by atoms with Gasteiger partial charge in [-0.05, 0) is 62.4 Å². The Balaban J connectivity index is 1.47. The van der Waals surface area contributed by atoms with Crippen LogP contribution in [0.3, 0.4) is 0 Å². The van der Waals surface area contributed by atoms with Crippen LogP contribution in [0.15, 0.2) is 54.1 Å². The first kappa shape index (κ1) is 28.1. The summed E-state index contributed by atoms with van der Waals surface area (Å²) in [6.45, 7) is 5.08. The molecule has 1 aliphatic carbocycles. The van der Waals surface area contributed by atoms with Crippen LogP contribution in [0.1, 0.15) is 43.4 Å². The van der Waals surface area contributed by atoms with Gasteiger partial charge >= 0.3 is 6.36 Å². The number of pyridine rings is 1. The summed E-state index contributed by atoms with van der Waals surface area (Å²) in [6, 6.07) is 3.89. The van der Waals surface area contributed by atoms with Crippen molar-refractivity contribution in [2.75, 3.05) is 0 Å². The van der Waals surface area contributed by atoms with Gasteiger partial charge in [-0.15, -0.1) is 19.8 Å². The van der Waals surface area contributed by atoms with Gasteiger partial charge in [0.05, 0.1) is 17.2 Å². The number of nitrogens with one attached hydrogen (secondary N) is 1. The molecule has 0 bridgehead atoms.